The number of benzene rings is 3. The third-order valence-electron chi connectivity index (χ3n) is 19.6. The maximum absolute atomic E-state index is 15.5. The van der Waals surface area contributed by atoms with Gasteiger partial charge in [0.05, 0.1) is 25.1 Å². The smallest absolute Gasteiger partial charge is 0.248 e. The Balaban J connectivity index is 1.63. The molecule has 2 aliphatic heterocycles. The highest BCUT2D eigenvalue weighted by Gasteiger charge is 2.43. The van der Waals surface area contributed by atoms with Crippen LogP contribution in [0.15, 0.2) is 91.0 Å². The molecule has 3 aromatic carbocycles. The zero-order valence-electron chi connectivity index (χ0n) is 63.9. The molecule has 0 aliphatic carbocycles. The van der Waals surface area contributed by atoms with Gasteiger partial charge in [0.15, 0.2) is 0 Å². The molecular formula is C77H117N13O14. The number of likely N-dealkylation sites (N-methyl/N-ethyl adjacent to an activating group) is 5. The standard InChI is InChI=1S/C77H117N13O14/c1-47(2)40-58-71(98)83-66(52(10)91)77(104)88(15)59(43-54-32-23-18-24-33-54)69(96)78-46-64(94)85(12)61(41-48(3)4)75(102)89(16)67(50(7)8)72(99)80-56(42-53-30-21-17-22-31-53)68(95)81-57(45-63(93)84(11)37-29-36-62(92)82-65(49(5)6)76(103)87(58)14)74(101)86(13)60(44-55-34-25-19-26-35-55)70(97)79-51(9)73(100)90-38-27-20-28-39-90/h17-19,21-26,30-35,47-52,56-61,64-67,91,94H,20,27-29,36-46H2,1-16H3,(H,78,96)(H,79,97)(H,80,99)(H,81,95)(H,82,92)(H,83,98)/t51-,52+,56-,57-,58-,59-,60-,61-,64?,65-,66-,67-/m0/s1. The van der Waals surface area contributed by atoms with E-state index in [1.807, 2.05) is 27.7 Å². The van der Waals surface area contributed by atoms with Crippen LogP contribution in [0.1, 0.15) is 137 Å². The van der Waals surface area contributed by atoms with Gasteiger partial charge in [-0.1, -0.05) is 146 Å². The summed E-state index contributed by atoms with van der Waals surface area (Å²) in [5.74, 6) is -9.97. The number of β-amino-alcohol motifs (C(OH)–C–C–N with tert-alkyl or cyclic N) is 1. The molecular weight excluding hydrogens is 1330 g/mol. The highest BCUT2D eigenvalue weighted by molar-refractivity contribution is 5.99. The van der Waals surface area contributed by atoms with E-state index < -0.39 is 163 Å². The minimum absolute atomic E-state index is 0.0329. The van der Waals surface area contributed by atoms with E-state index in [0.29, 0.717) is 29.8 Å². The molecule has 0 bridgehead atoms. The molecule has 0 spiro atoms. The molecule has 2 heterocycles. The first kappa shape index (κ1) is 85.8. The van der Waals surface area contributed by atoms with Crippen LogP contribution in [0.5, 0.6) is 0 Å². The van der Waals surface area contributed by atoms with Gasteiger partial charge in [-0.05, 0) is 99.8 Å². The summed E-state index contributed by atoms with van der Waals surface area (Å²) in [5.41, 5.74) is 1.86. The van der Waals surface area contributed by atoms with Crippen LogP contribution in [0.2, 0.25) is 0 Å². The zero-order valence-corrected chi connectivity index (χ0v) is 63.9. The number of likely N-dealkylation sites (tertiary alicyclic amines) is 1. The number of nitrogens with one attached hydrogen (secondary N) is 6. The number of aliphatic hydroxyl groups excluding tert-OH is 2. The van der Waals surface area contributed by atoms with Crippen molar-refractivity contribution in [3.8, 4) is 0 Å². The lowest BCUT2D eigenvalue weighted by Crippen LogP contribution is -2.62. The number of piperidine rings is 1. The molecule has 27 heteroatoms. The van der Waals surface area contributed by atoms with Gasteiger partial charge in [-0.3, -0.25) is 62.4 Å². The van der Waals surface area contributed by atoms with Crippen molar-refractivity contribution < 1.29 is 67.7 Å². The summed E-state index contributed by atoms with van der Waals surface area (Å²) in [6, 6.07) is 13.0. The van der Waals surface area contributed by atoms with Crippen molar-refractivity contribution in [1.29, 1.82) is 0 Å². The number of nitrogens with zero attached hydrogens (tertiary/aromatic N) is 7. The maximum atomic E-state index is 15.5. The molecule has 12 atom stereocenters. The summed E-state index contributed by atoms with van der Waals surface area (Å²) in [6.07, 6.45) is -1.43. The average molecular weight is 1450 g/mol. The van der Waals surface area contributed by atoms with Gasteiger partial charge in [0.1, 0.15) is 60.6 Å². The zero-order chi connectivity index (χ0) is 77.4. The fraction of sp³-hybridized carbons (Fsp3) is 0.610. The summed E-state index contributed by atoms with van der Waals surface area (Å²) >= 11 is 0. The maximum Gasteiger partial charge on any atom is 0.248 e. The van der Waals surface area contributed by atoms with Crippen LogP contribution in [-0.2, 0) is 76.8 Å². The van der Waals surface area contributed by atoms with Crippen LogP contribution in [0.3, 0.4) is 0 Å². The van der Waals surface area contributed by atoms with Gasteiger partial charge in [0.25, 0.3) is 0 Å². The van der Waals surface area contributed by atoms with Crippen LogP contribution >= 0.6 is 0 Å². The summed E-state index contributed by atoms with van der Waals surface area (Å²) < 4.78 is 0. The number of carbonyl (C=O) groups excluding carboxylic acids is 12. The first-order valence-electron chi connectivity index (χ1n) is 36.6. The third kappa shape index (κ3) is 24.9. The Bertz CT molecular complexity index is 3350. The van der Waals surface area contributed by atoms with Crippen LogP contribution in [0, 0.1) is 23.7 Å². The molecule has 0 radical (unpaired) electrons. The van der Waals surface area contributed by atoms with Gasteiger partial charge in [0, 0.05) is 80.6 Å². The van der Waals surface area contributed by atoms with Crippen LogP contribution < -0.4 is 31.9 Å². The third-order valence-corrected chi connectivity index (χ3v) is 19.6. The molecule has 0 saturated carbocycles. The number of rotatable bonds is 18. The van der Waals surface area contributed by atoms with Crippen molar-refractivity contribution >= 4 is 70.9 Å². The van der Waals surface area contributed by atoms with E-state index in [-0.39, 0.29) is 69.2 Å². The fourth-order valence-electron chi connectivity index (χ4n) is 13.2. The number of hydrogen-bond donors (Lipinski definition) is 8. The van der Waals surface area contributed by atoms with Crippen molar-refractivity contribution in [2.45, 2.75) is 213 Å². The Morgan fingerprint density at radius 3 is 1.62 bits per heavy atom. The first-order chi connectivity index (χ1) is 49.0. The molecule has 0 aromatic heterocycles. The lowest BCUT2D eigenvalue weighted by atomic mass is 9.96. The van der Waals surface area contributed by atoms with Gasteiger partial charge in [-0.25, -0.2) is 0 Å². The Labute approximate surface area is 614 Å². The molecule has 574 valence electrons. The molecule has 2 saturated heterocycles. The molecule has 104 heavy (non-hydrogen) atoms. The monoisotopic (exact) mass is 1450 g/mol. The van der Waals surface area contributed by atoms with Crippen LogP contribution in [0.4, 0.5) is 0 Å². The van der Waals surface area contributed by atoms with E-state index >= 15 is 19.2 Å². The lowest BCUT2D eigenvalue weighted by molar-refractivity contribution is -0.149. The largest absolute Gasteiger partial charge is 0.391 e. The second-order valence-corrected chi connectivity index (χ2v) is 29.6. The molecule has 3 aromatic rings. The van der Waals surface area contributed by atoms with E-state index in [1.54, 1.807) is 131 Å². The predicted molar refractivity (Wildman–Crippen MR) is 395 cm³/mol. The van der Waals surface area contributed by atoms with Crippen molar-refractivity contribution in [3.63, 3.8) is 0 Å². The Hall–Kier alpha value is -8.82. The van der Waals surface area contributed by atoms with Gasteiger partial charge in [0.2, 0.25) is 70.9 Å². The average Bonchev–Trinajstić information content (AvgIpc) is 0.828. The number of aliphatic hydroxyl groups is 2. The summed E-state index contributed by atoms with van der Waals surface area (Å²) in [6.45, 7) is 17.6. The highest BCUT2D eigenvalue weighted by Crippen LogP contribution is 2.23. The SMILES string of the molecule is CC(C)C[C@H]1C(=O)N[C@@H]([C@@H](C)O)C(=O)N(C)[C@@H](Cc2ccccc2)C(=O)NCC(O)N(C)[C@@H](CC(C)C)C(=O)N(C)[C@@H](C(C)C)C(=O)N[C@@H](Cc2ccccc2)C(=O)N[C@H](C(=O)N(C)[C@@H](Cc2ccccc2)C(=O)N[C@@H](C)C(=O)N2CCCCC2)CC(=O)N(C)CCCC(=O)N[C@@H](C(C)C)C(=O)N1C. The fourth-order valence-corrected chi connectivity index (χ4v) is 13.2. The second-order valence-electron chi connectivity index (χ2n) is 29.6. The summed E-state index contributed by atoms with van der Waals surface area (Å²) in [4.78, 5) is 186. The van der Waals surface area contributed by atoms with Gasteiger partial charge in [-0.15, -0.1) is 0 Å². The quantitative estimate of drug-likeness (QED) is 0.0908. The Kier molecular flexibility index (Phi) is 33.9. The molecule has 5 rings (SSSR count). The Morgan fingerprint density at radius 1 is 0.558 bits per heavy atom. The molecule has 1 unspecified atom stereocenters. The van der Waals surface area contributed by atoms with Crippen LogP contribution in [0.25, 0.3) is 0 Å². The summed E-state index contributed by atoms with van der Waals surface area (Å²) in [7, 11) is 8.48. The summed E-state index contributed by atoms with van der Waals surface area (Å²) in [5, 5.41) is 40.1. The number of amides is 12. The van der Waals surface area contributed by atoms with E-state index in [2.05, 4.69) is 31.9 Å². The second kappa shape index (κ2) is 41.0. The van der Waals surface area contributed by atoms with Gasteiger partial charge in [-0.2, -0.15) is 0 Å². The molecule has 12 amide bonds. The molecule has 2 fully saturated rings. The topological polar surface area (TPSA) is 340 Å². The highest BCUT2D eigenvalue weighted by atomic mass is 16.3. The van der Waals surface area contributed by atoms with Gasteiger partial charge < -0.3 is 71.5 Å². The van der Waals surface area contributed by atoms with E-state index in [4.69, 9.17) is 0 Å². The first-order valence-corrected chi connectivity index (χ1v) is 36.6. The predicted octanol–water partition coefficient (Wildman–Crippen LogP) is 2.64. The number of hydrogen-bond acceptors (Lipinski definition) is 15. The van der Waals surface area contributed by atoms with Crippen molar-refractivity contribution in [2.75, 3.05) is 68.5 Å². The van der Waals surface area contributed by atoms with Gasteiger partial charge >= 0.3 is 0 Å². The van der Waals surface area contributed by atoms with E-state index in [1.165, 1.54) is 68.8 Å². The normalized spacial score (nSPS) is 24.2. The molecule has 27 nitrogen and oxygen atoms in total. The van der Waals surface area contributed by atoms with E-state index in [0.717, 1.165) is 29.1 Å². The van der Waals surface area contributed by atoms with Crippen LogP contribution in [-0.4, -0.2) is 257 Å². The van der Waals surface area contributed by atoms with Crippen molar-refractivity contribution in [1.82, 2.24) is 66.2 Å². The number of carbonyl (C=O) groups is 12. The van der Waals surface area contributed by atoms with E-state index in [9.17, 15) is 48.6 Å². The minimum atomic E-state index is -1.73. The molecule has 2 aliphatic rings. The molecule has 8 N–H and O–H groups in total. The van der Waals surface area contributed by atoms with Crippen molar-refractivity contribution in [2.24, 2.45) is 23.7 Å². The Morgan fingerprint density at radius 2 is 1.09 bits per heavy atom. The van der Waals surface area contributed by atoms with Crippen molar-refractivity contribution in [3.05, 3.63) is 108 Å². The lowest BCUT2D eigenvalue weighted by Gasteiger charge is -2.38. The minimum Gasteiger partial charge on any atom is -0.391 e.